The summed E-state index contributed by atoms with van der Waals surface area (Å²) in [5.74, 6) is 1.87. The lowest BCUT2D eigenvalue weighted by Gasteiger charge is -2.30. The van der Waals surface area contributed by atoms with Crippen molar-refractivity contribution in [3.8, 4) is 0 Å². The lowest BCUT2D eigenvalue weighted by Crippen LogP contribution is -2.50. The standard InChI is InChI=1S/C16H19NO3S/c1-17-16(15(18)19-2,13-7-4-3-5-8-13)12-21-11-14-9-6-10-20-14/h3-10,17H,11-12H2,1-2H3. The second-order valence-electron chi connectivity index (χ2n) is 4.59. The maximum atomic E-state index is 12.3. The van der Waals surface area contributed by atoms with Gasteiger partial charge in [0.25, 0.3) is 0 Å². The van der Waals surface area contributed by atoms with Crippen molar-refractivity contribution in [2.75, 3.05) is 19.9 Å². The van der Waals surface area contributed by atoms with E-state index in [-0.39, 0.29) is 5.97 Å². The van der Waals surface area contributed by atoms with Crippen LogP contribution in [0.25, 0.3) is 0 Å². The van der Waals surface area contributed by atoms with Crippen LogP contribution in [-0.2, 0) is 20.8 Å². The number of carbonyl (C=O) groups is 1. The van der Waals surface area contributed by atoms with Crippen LogP contribution in [0.5, 0.6) is 0 Å². The summed E-state index contributed by atoms with van der Waals surface area (Å²) in [6.07, 6.45) is 1.65. The molecule has 1 unspecified atom stereocenters. The number of benzene rings is 1. The molecule has 0 amide bonds. The minimum absolute atomic E-state index is 0.289. The normalized spacial score (nSPS) is 13.6. The lowest BCUT2D eigenvalue weighted by atomic mass is 9.92. The molecule has 1 heterocycles. The Hall–Kier alpha value is -1.72. The molecule has 1 N–H and O–H groups in total. The van der Waals surface area contributed by atoms with Crippen molar-refractivity contribution in [3.63, 3.8) is 0 Å². The summed E-state index contributed by atoms with van der Waals surface area (Å²) in [5, 5.41) is 3.14. The third kappa shape index (κ3) is 3.49. The predicted molar refractivity (Wildman–Crippen MR) is 84.1 cm³/mol. The first-order chi connectivity index (χ1) is 10.2. The number of esters is 1. The molecule has 0 radical (unpaired) electrons. The molecule has 0 saturated carbocycles. The van der Waals surface area contributed by atoms with Gasteiger partial charge in [0, 0.05) is 5.75 Å². The summed E-state index contributed by atoms with van der Waals surface area (Å²) < 4.78 is 10.3. The van der Waals surface area contributed by atoms with E-state index in [1.807, 2.05) is 42.5 Å². The molecular formula is C16H19NO3S. The van der Waals surface area contributed by atoms with Crippen LogP contribution in [-0.4, -0.2) is 25.9 Å². The van der Waals surface area contributed by atoms with Crippen molar-refractivity contribution >= 4 is 17.7 Å². The molecule has 2 aromatic rings. The highest BCUT2D eigenvalue weighted by Crippen LogP contribution is 2.28. The van der Waals surface area contributed by atoms with E-state index < -0.39 is 5.54 Å². The maximum absolute atomic E-state index is 12.3. The van der Waals surface area contributed by atoms with E-state index in [0.717, 1.165) is 11.3 Å². The van der Waals surface area contributed by atoms with Gasteiger partial charge in [-0.2, -0.15) is 11.8 Å². The largest absolute Gasteiger partial charge is 0.468 e. The van der Waals surface area contributed by atoms with E-state index in [1.165, 1.54) is 7.11 Å². The van der Waals surface area contributed by atoms with E-state index in [9.17, 15) is 4.79 Å². The first kappa shape index (κ1) is 15.7. The van der Waals surface area contributed by atoms with Gasteiger partial charge < -0.3 is 14.5 Å². The van der Waals surface area contributed by atoms with E-state index >= 15 is 0 Å². The first-order valence-electron chi connectivity index (χ1n) is 6.66. The Morgan fingerprint density at radius 3 is 2.62 bits per heavy atom. The zero-order valence-electron chi connectivity index (χ0n) is 12.2. The highest BCUT2D eigenvalue weighted by atomic mass is 32.2. The number of ether oxygens (including phenoxy) is 1. The Bertz CT molecular complexity index is 556. The van der Waals surface area contributed by atoms with Crippen LogP contribution in [0.2, 0.25) is 0 Å². The fourth-order valence-electron chi connectivity index (χ4n) is 2.18. The minimum Gasteiger partial charge on any atom is -0.468 e. The number of nitrogens with one attached hydrogen (secondary N) is 1. The number of hydrogen-bond acceptors (Lipinski definition) is 5. The topological polar surface area (TPSA) is 51.5 Å². The SMILES string of the molecule is CNC(CSCc1ccco1)(C(=O)OC)c1ccccc1. The van der Waals surface area contributed by atoms with Gasteiger partial charge in [0.1, 0.15) is 5.76 Å². The van der Waals surface area contributed by atoms with E-state index in [4.69, 9.17) is 9.15 Å². The molecule has 1 aromatic heterocycles. The molecule has 2 rings (SSSR count). The molecule has 1 aromatic carbocycles. The van der Waals surface area contributed by atoms with Crippen molar-refractivity contribution < 1.29 is 13.9 Å². The molecule has 0 aliphatic heterocycles. The van der Waals surface area contributed by atoms with Crippen LogP contribution in [0.15, 0.2) is 53.1 Å². The monoisotopic (exact) mass is 305 g/mol. The van der Waals surface area contributed by atoms with E-state index in [0.29, 0.717) is 11.5 Å². The minimum atomic E-state index is -0.854. The maximum Gasteiger partial charge on any atom is 0.331 e. The summed E-state index contributed by atoms with van der Waals surface area (Å²) in [5.41, 5.74) is 0.0408. The fourth-order valence-corrected chi connectivity index (χ4v) is 3.38. The van der Waals surface area contributed by atoms with Crippen molar-refractivity contribution in [2.24, 2.45) is 0 Å². The van der Waals surface area contributed by atoms with Gasteiger partial charge in [0.15, 0.2) is 5.54 Å². The first-order valence-corrected chi connectivity index (χ1v) is 7.81. The molecule has 21 heavy (non-hydrogen) atoms. The molecule has 0 saturated heterocycles. The zero-order valence-corrected chi connectivity index (χ0v) is 13.0. The van der Waals surface area contributed by atoms with Crippen LogP contribution >= 0.6 is 11.8 Å². The van der Waals surface area contributed by atoms with Crippen LogP contribution in [0.4, 0.5) is 0 Å². The second kappa shape index (κ2) is 7.33. The molecule has 112 valence electrons. The molecule has 0 aliphatic carbocycles. The second-order valence-corrected chi connectivity index (χ2v) is 5.57. The summed E-state index contributed by atoms with van der Waals surface area (Å²) in [7, 11) is 3.19. The molecule has 5 heteroatoms. The molecule has 1 atom stereocenters. The summed E-state index contributed by atoms with van der Waals surface area (Å²) in [6, 6.07) is 13.4. The van der Waals surface area contributed by atoms with Gasteiger partial charge in [0.2, 0.25) is 0 Å². The number of rotatable bonds is 7. The van der Waals surface area contributed by atoms with Crippen LogP contribution in [0.1, 0.15) is 11.3 Å². The summed E-state index contributed by atoms with van der Waals surface area (Å²) in [4.78, 5) is 12.3. The molecular weight excluding hydrogens is 286 g/mol. The molecule has 0 bridgehead atoms. The van der Waals surface area contributed by atoms with Crippen molar-refractivity contribution in [2.45, 2.75) is 11.3 Å². The quantitative estimate of drug-likeness (QED) is 0.797. The van der Waals surface area contributed by atoms with E-state index in [1.54, 1.807) is 25.1 Å². The van der Waals surface area contributed by atoms with Gasteiger partial charge in [0.05, 0.1) is 19.1 Å². The number of thioether (sulfide) groups is 1. The van der Waals surface area contributed by atoms with Gasteiger partial charge in [-0.15, -0.1) is 0 Å². The molecule has 0 aliphatic rings. The average Bonchev–Trinajstić information content (AvgIpc) is 3.05. The van der Waals surface area contributed by atoms with Crippen molar-refractivity contribution in [1.82, 2.24) is 5.32 Å². The molecule has 4 nitrogen and oxygen atoms in total. The summed E-state index contributed by atoms with van der Waals surface area (Å²) >= 11 is 1.62. The number of methoxy groups -OCH3 is 1. The third-order valence-corrected chi connectivity index (χ3v) is 4.50. The Kier molecular flexibility index (Phi) is 5.47. The highest BCUT2D eigenvalue weighted by Gasteiger charge is 2.39. The predicted octanol–water partition coefficient (Wildman–Crippen LogP) is 2.80. The number of likely N-dealkylation sites (N-methyl/N-ethyl adjacent to an activating group) is 1. The Morgan fingerprint density at radius 1 is 1.29 bits per heavy atom. The zero-order chi connectivity index (χ0) is 15.1. The Morgan fingerprint density at radius 2 is 2.05 bits per heavy atom. The highest BCUT2D eigenvalue weighted by molar-refractivity contribution is 7.98. The van der Waals surface area contributed by atoms with E-state index in [2.05, 4.69) is 5.32 Å². The van der Waals surface area contributed by atoms with Gasteiger partial charge in [-0.3, -0.25) is 0 Å². The van der Waals surface area contributed by atoms with Crippen LogP contribution in [0, 0.1) is 0 Å². The van der Waals surface area contributed by atoms with Crippen LogP contribution < -0.4 is 5.32 Å². The van der Waals surface area contributed by atoms with Crippen molar-refractivity contribution in [1.29, 1.82) is 0 Å². The number of hydrogen-bond donors (Lipinski definition) is 1. The summed E-state index contributed by atoms with van der Waals surface area (Å²) in [6.45, 7) is 0. The van der Waals surface area contributed by atoms with Gasteiger partial charge in [-0.1, -0.05) is 30.3 Å². The smallest absolute Gasteiger partial charge is 0.331 e. The molecule has 0 fully saturated rings. The average molecular weight is 305 g/mol. The molecule has 0 spiro atoms. The van der Waals surface area contributed by atoms with Gasteiger partial charge in [-0.05, 0) is 24.7 Å². The Labute approximate surface area is 128 Å². The van der Waals surface area contributed by atoms with Gasteiger partial charge >= 0.3 is 5.97 Å². The lowest BCUT2D eigenvalue weighted by molar-refractivity contribution is -0.147. The van der Waals surface area contributed by atoms with Gasteiger partial charge in [-0.25, -0.2) is 4.79 Å². The fraction of sp³-hybridized carbons (Fsp3) is 0.312. The van der Waals surface area contributed by atoms with Crippen LogP contribution in [0.3, 0.4) is 0 Å². The number of carbonyl (C=O) groups excluding carboxylic acids is 1. The Balaban J connectivity index is 2.17. The number of furan rings is 1. The third-order valence-electron chi connectivity index (χ3n) is 3.37. The van der Waals surface area contributed by atoms with Crippen molar-refractivity contribution in [3.05, 3.63) is 60.1 Å².